The summed E-state index contributed by atoms with van der Waals surface area (Å²) in [6, 6.07) is 14.0. The lowest BCUT2D eigenvalue weighted by Gasteiger charge is -2.10. The van der Waals surface area contributed by atoms with Crippen molar-refractivity contribution < 1.29 is 9.53 Å². The molecule has 2 aromatic rings. The van der Waals surface area contributed by atoms with Crippen LogP contribution in [0.1, 0.15) is 24.0 Å². The first-order valence-corrected chi connectivity index (χ1v) is 8.93. The summed E-state index contributed by atoms with van der Waals surface area (Å²) in [5.41, 5.74) is 3.26. The number of amides is 1. The van der Waals surface area contributed by atoms with Crippen LogP contribution in [-0.4, -0.2) is 19.3 Å². The van der Waals surface area contributed by atoms with E-state index >= 15 is 0 Å². The molecular formula is C19H23NO2S. The number of para-hydroxylation sites is 1. The molecule has 1 amide bonds. The van der Waals surface area contributed by atoms with E-state index < -0.39 is 0 Å². The van der Waals surface area contributed by atoms with Crippen molar-refractivity contribution >= 4 is 23.4 Å². The Balaban J connectivity index is 1.84. The average Bonchev–Trinajstić information content (AvgIpc) is 2.55. The molecule has 0 heterocycles. The summed E-state index contributed by atoms with van der Waals surface area (Å²) in [6.45, 7) is 2.04. The summed E-state index contributed by atoms with van der Waals surface area (Å²) < 4.78 is 5.26. The van der Waals surface area contributed by atoms with Crippen molar-refractivity contribution in [3.63, 3.8) is 0 Å². The van der Waals surface area contributed by atoms with Gasteiger partial charge in [0.15, 0.2) is 0 Å². The minimum Gasteiger partial charge on any atom is -0.496 e. The zero-order chi connectivity index (χ0) is 16.7. The monoisotopic (exact) mass is 329 g/mol. The molecule has 0 bridgehead atoms. The number of carbonyl (C=O) groups excluding carboxylic acids is 1. The smallest absolute Gasteiger partial charge is 0.224 e. The Hall–Kier alpha value is -1.94. The predicted octanol–water partition coefficient (Wildman–Crippen LogP) is 4.69. The van der Waals surface area contributed by atoms with E-state index in [9.17, 15) is 4.79 Å². The second-order valence-corrected chi connectivity index (χ2v) is 6.25. The van der Waals surface area contributed by atoms with Gasteiger partial charge in [0, 0.05) is 11.3 Å². The van der Waals surface area contributed by atoms with Gasteiger partial charge in [-0.15, -0.1) is 11.8 Å². The number of hydrogen-bond acceptors (Lipinski definition) is 3. The average molecular weight is 329 g/mol. The van der Waals surface area contributed by atoms with Crippen LogP contribution in [-0.2, 0) is 11.2 Å². The summed E-state index contributed by atoms with van der Waals surface area (Å²) in [5.74, 6) is 0.969. The van der Waals surface area contributed by atoms with Gasteiger partial charge in [-0.25, -0.2) is 0 Å². The molecule has 0 unspecified atom stereocenters. The molecule has 0 fully saturated rings. The molecule has 0 saturated heterocycles. The van der Waals surface area contributed by atoms with Gasteiger partial charge in [-0.1, -0.05) is 24.3 Å². The van der Waals surface area contributed by atoms with Crippen LogP contribution in [0, 0.1) is 6.92 Å². The van der Waals surface area contributed by atoms with E-state index in [0.717, 1.165) is 34.7 Å². The Kier molecular flexibility index (Phi) is 6.53. The van der Waals surface area contributed by atoms with Gasteiger partial charge >= 0.3 is 0 Å². The lowest BCUT2D eigenvalue weighted by Crippen LogP contribution is -2.12. The van der Waals surface area contributed by atoms with Crippen LogP contribution in [0.25, 0.3) is 0 Å². The fourth-order valence-corrected chi connectivity index (χ4v) is 3.06. The zero-order valence-corrected chi connectivity index (χ0v) is 14.7. The lowest BCUT2D eigenvalue weighted by molar-refractivity contribution is -0.116. The van der Waals surface area contributed by atoms with Crippen LogP contribution in [0.2, 0.25) is 0 Å². The second kappa shape index (κ2) is 8.63. The van der Waals surface area contributed by atoms with Gasteiger partial charge in [-0.2, -0.15) is 0 Å². The molecule has 0 aliphatic carbocycles. The van der Waals surface area contributed by atoms with Crippen molar-refractivity contribution in [1.29, 1.82) is 0 Å². The van der Waals surface area contributed by atoms with Crippen molar-refractivity contribution in [2.24, 2.45) is 0 Å². The molecule has 4 heteroatoms. The van der Waals surface area contributed by atoms with E-state index in [1.165, 1.54) is 5.56 Å². The fraction of sp³-hybridized carbons (Fsp3) is 0.316. The topological polar surface area (TPSA) is 38.3 Å². The Morgan fingerprint density at radius 3 is 2.70 bits per heavy atom. The number of rotatable bonds is 7. The molecule has 0 aliphatic heterocycles. The highest BCUT2D eigenvalue weighted by Gasteiger charge is 2.06. The van der Waals surface area contributed by atoms with Crippen LogP contribution < -0.4 is 10.1 Å². The Bertz CT molecular complexity index is 670. The number of thioether (sulfide) groups is 1. The molecule has 23 heavy (non-hydrogen) atoms. The Labute approximate surface area is 142 Å². The van der Waals surface area contributed by atoms with E-state index in [4.69, 9.17) is 4.74 Å². The molecule has 3 nitrogen and oxygen atoms in total. The molecule has 122 valence electrons. The van der Waals surface area contributed by atoms with Crippen LogP contribution in [0.3, 0.4) is 0 Å². The summed E-state index contributed by atoms with van der Waals surface area (Å²) in [6.07, 6.45) is 4.26. The maximum absolute atomic E-state index is 12.1. The molecule has 2 rings (SSSR count). The summed E-state index contributed by atoms with van der Waals surface area (Å²) in [4.78, 5) is 13.2. The summed E-state index contributed by atoms with van der Waals surface area (Å²) in [5, 5.41) is 3.00. The normalized spacial score (nSPS) is 10.4. The largest absolute Gasteiger partial charge is 0.496 e. The number of anilines is 1. The standard InChI is InChI=1S/C19H23NO2S/c1-14-13-15(11-12-17(14)22-2)7-6-10-19(21)20-16-8-4-5-9-18(16)23-3/h4-5,8-9,11-13H,6-7,10H2,1-3H3,(H,20,21). The summed E-state index contributed by atoms with van der Waals surface area (Å²) >= 11 is 1.64. The van der Waals surface area contributed by atoms with E-state index in [-0.39, 0.29) is 5.91 Å². The lowest BCUT2D eigenvalue weighted by atomic mass is 10.0. The molecule has 0 aliphatic rings. The van der Waals surface area contributed by atoms with E-state index in [2.05, 4.69) is 17.4 Å². The Morgan fingerprint density at radius 1 is 1.22 bits per heavy atom. The highest BCUT2D eigenvalue weighted by molar-refractivity contribution is 7.98. The number of carbonyl (C=O) groups is 1. The van der Waals surface area contributed by atoms with Gasteiger partial charge < -0.3 is 10.1 Å². The molecule has 0 atom stereocenters. The minimum atomic E-state index is 0.0664. The minimum absolute atomic E-state index is 0.0664. The van der Waals surface area contributed by atoms with Gasteiger partial charge in [-0.3, -0.25) is 4.79 Å². The molecule has 1 N–H and O–H groups in total. The number of aryl methyl sites for hydroxylation is 2. The van der Waals surface area contributed by atoms with Crippen molar-refractivity contribution in [3.05, 3.63) is 53.6 Å². The van der Waals surface area contributed by atoms with E-state index in [0.29, 0.717) is 6.42 Å². The molecule has 2 aromatic carbocycles. The van der Waals surface area contributed by atoms with Crippen LogP contribution in [0.4, 0.5) is 5.69 Å². The second-order valence-electron chi connectivity index (χ2n) is 5.41. The number of benzene rings is 2. The van der Waals surface area contributed by atoms with Crippen LogP contribution >= 0.6 is 11.8 Å². The first-order chi connectivity index (χ1) is 11.1. The third-order valence-electron chi connectivity index (χ3n) is 3.71. The van der Waals surface area contributed by atoms with Gasteiger partial charge in [0.2, 0.25) is 5.91 Å². The van der Waals surface area contributed by atoms with Crippen molar-refractivity contribution in [3.8, 4) is 5.75 Å². The number of ether oxygens (including phenoxy) is 1. The quantitative estimate of drug-likeness (QED) is 0.749. The molecule has 0 radical (unpaired) electrons. The van der Waals surface area contributed by atoms with Gasteiger partial charge in [0.1, 0.15) is 5.75 Å². The molecule has 0 spiro atoms. The number of nitrogens with one attached hydrogen (secondary N) is 1. The summed E-state index contributed by atoms with van der Waals surface area (Å²) in [7, 11) is 1.68. The maximum Gasteiger partial charge on any atom is 0.224 e. The Morgan fingerprint density at radius 2 is 2.00 bits per heavy atom. The first kappa shape index (κ1) is 17.4. The maximum atomic E-state index is 12.1. The van der Waals surface area contributed by atoms with Crippen molar-refractivity contribution in [2.45, 2.75) is 31.1 Å². The third kappa shape index (κ3) is 5.03. The highest BCUT2D eigenvalue weighted by Crippen LogP contribution is 2.25. The third-order valence-corrected chi connectivity index (χ3v) is 4.51. The van der Waals surface area contributed by atoms with Gasteiger partial charge in [0.05, 0.1) is 12.8 Å². The van der Waals surface area contributed by atoms with Crippen molar-refractivity contribution in [1.82, 2.24) is 0 Å². The SMILES string of the molecule is COc1ccc(CCCC(=O)Nc2ccccc2SC)cc1C. The number of methoxy groups -OCH3 is 1. The fourth-order valence-electron chi connectivity index (χ4n) is 2.51. The van der Waals surface area contributed by atoms with E-state index in [1.807, 2.05) is 43.5 Å². The predicted molar refractivity (Wildman–Crippen MR) is 97.5 cm³/mol. The molecule has 0 aromatic heterocycles. The zero-order valence-electron chi connectivity index (χ0n) is 13.9. The molecular weight excluding hydrogens is 306 g/mol. The van der Waals surface area contributed by atoms with Gasteiger partial charge in [0.25, 0.3) is 0 Å². The molecule has 0 saturated carbocycles. The van der Waals surface area contributed by atoms with Gasteiger partial charge in [-0.05, 0) is 55.3 Å². The first-order valence-electron chi connectivity index (χ1n) is 7.70. The van der Waals surface area contributed by atoms with E-state index in [1.54, 1.807) is 18.9 Å². The number of hydrogen-bond donors (Lipinski definition) is 1. The van der Waals surface area contributed by atoms with Crippen molar-refractivity contribution in [2.75, 3.05) is 18.7 Å². The van der Waals surface area contributed by atoms with Crippen LogP contribution in [0.5, 0.6) is 5.75 Å². The van der Waals surface area contributed by atoms with Crippen LogP contribution in [0.15, 0.2) is 47.4 Å². The highest BCUT2D eigenvalue weighted by atomic mass is 32.2.